The third-order valence-corrected chi connectivity index (χ3v) is 25.7. The van der Waals surface area contributed by atoms with Gasteiger partial charge in [-0.2, -0.15) is 0 Å². The molecule has 1 aromatic rings. The molecule has 15 heterocycles. The number of aromatic nitrogens is 2. The van der Waals surface area contributed by atoms with Crippen LogP contribution in [0.1, 0.15) is 230 Å². The second kappa shape index (κ2) is 34.2. The van der Waals surface area contributed by atoms with Crippen LogP contribution in [-0.2, 0) is 129 Å². The van der Waals surface area contributed by atoms with Gasteiger partial charge in [0.15, 0.2) is 75.0 Å². The molecule has 0 amide bonds. The summed E-state index contributed by atoms with van der Waals surface area (Å²) in [5.74, 6) is -9.21. The molecule has 4 aliphatic carbocycles. The lowest BCUT2D eigenvalue weighted by Gasteiger charge is -2.41. The minimum atomic E-state index is -1.67. The van der Waals surface area contributed by atoms with Crippen LogP contribution in [0.25, 0.3) is 0 Å². The van der Waals surface area contributed by atoms with Crippen molar-refractivity contribution in [3.8, 4) is 0 Å². The van der Waals surface area contributed by atoms with Gasteiger partial charge in [-0.1, -0.05) is 13.8 Å². The Labute approximate surface area is 723 Å². The average Bonchev–Trinajstić information content (AvgIpc) is 1.54. The van der Waals surface area contributed by atoms with Crippen molar-refractivity contribution < 1.29 is 169 Å². The van der Waals surface area contributed by atoms with E-state index < -0.39 is 183 Å². The monoisotopic (exact) mass is 1780 g/mol. The molecular weight excluding hydrogens is 1640 g/mol. The predicted molar refractivity (Wildman–Crippen MR) is 425 cm³/mol. The zero-order valence-corrected chi connectivity index (χ0v) is 76.3. The van der Waals surface area contributed by atoms with E-state index in [1.165, 1.54) is 16.8 Å². The van der Waals surface area contributed by atoms with Gasteiger partial charge in [0, 0.05) is 12.3 Å². The molecule has 14 aliphatic heterocycles. The fraction of sp³-hybridized carbons (Fsp3) is 0.941. The summed E-state index contributed by atoms with van der Waals surface area (Å²) < 4.78 is 147. The lowest BCUT2D eigenvalue weighted by Crippen LogP contribution is -2.59. The number of aliphatic hydroxyl groups is 9. The Morgan fingerprint density at radius 1 is 0.387 bits per heavy atom. The number of aliphatic hydroxyl groups excluding tert-OH is 8. The molecule has 39 heteroatoms. The van der Waals surface area contributed by atoms with Crippen LogP contribution in [0.15, 0.2) is 21.9 Å². The van der Waals surface area contributed by atoms with E-state index in [1.807, 2.05) is 145 Å². The fourth-order valence-electron chi connectivity index (χ4n) is 20.3. The number of fused-ring (bicyclic) bond motifs is 8. The molecule has 14 saturated heterocycles. The SMILES string of the molecule is CC1(C)OC2C(CO)OC3(COC(C)(C)O3)C2O1.CC1(C)OC2CCC3(COC(C)(C)O3)C(=O)C2O1.CC1(C)OC2CCC3(COC(C)(C)O3)C(O)C2O1.CC1(C)OC2CCC3(COC(C)(C)O3)C(O)C2O1.CCC1OC2(COC(C)(C)O2)C2OC(C)(C)OC12.CC[C@H]1O[C@@](CO)(n2ccc(=O)[nH]c2=O)C2OC(C)(C)O[C@H]21.OCC1(O)CCC(O)C(O)C1O. The second-order valence-corrected chi connectivity index (χ2v) is 40.8. The lowest BCUT2D eigenvalue weighted by atomic mass is 9.79. The molecule has 39 nitrogen and oxygen atoms in total. The zero-order chi connectivity index (χ0) is 91.4. The summed E-state index contributed by atoms with van der Waals surface area (Å²) >= 11 is 0. The molecule has 18 fully saturated rings. The highest BCUT2D eigenvalue weighted by molar-refractivity contribution is 5.93. The van der Waals surface area contributed by atoms with Crippen LogP contribution in [0.2, 0.25) is 0 Å². The largest absolute Gasteiger partial charge is 0.394 e. The highest BCUT2D eigenvalue weighted by Crippen LogP contribution is 2.55. The molecule has 712 valence electrons. The number of hydrogen-bond acceptors (Lipinski definition) is 37. The van der Waals surface area contributed by atoms with Crippen molar-refractivity contribution in [2.75, 3.05) is 52.9 Å². The molecule has 1 aromatic heterocycles. The van der Waals surface area contributed by atoms with Gasteiger partial charge in [0.1, 0.15) is 115 Å². The first-order valence-corrected chi connectivity index (χ1v) is 43.8. The van der Waals surface area contributed by atoms with Crippen LogP contribution < -0.4 is 11.2 Å². The Balaban J connectivity index is 0.000000125. The Morgan fingerprint density at radius 3 is 1.20 bits per heavy atom. The number of carbonyl (C=O) groups is 1. The molecule has 27 atom stereocenters. The Hall–Kier alpha value is -3.01. The Kier molecular flexibility index (Phi) is 27.1. The van der Waals surface area contributed by atoms with Gasteiger partial charge in [0.05, 0.1) is 76.3 Å². The zero-order valence-electron chi connectivity index (χ0n) is 76.3. The van der Waals surface area contributed by atoms with Gasteiger partial charge < -0.3 is 164 Å². The summed E-state index contributed by atoms with van der Waals surface area (Å²) in [5.41, 5.74) is -6.39. The van der Waals surface area contributed by atoms with Gasteiger partial charge in [-0.3, -0.25) is 19.1 Å². The molecule has 124 heavy (non-hydrogen) atoms. The van der Waals surface area contributed by atoms with E-state index in [0.717, 1.165) is 38.5 Å². The number of ether oxygens (including phenoxy) is 25. The predicted octanol–water partition coefficient (Wildman–Crippen LogP) is 3.03. The molecule has 24 unspecified atom stereocenters. The third kappa shape index (κ3) is 19.7. The van der Waals surface area contributed by atoms with E-state index in [0.29, 0.717) is 39.3 Å². The van der Waals surface area contributed by atoms with Crippen molar-refractivity contribution in [1.82, 2.24) is 9.55 Å². The summed E-state index contributed by atoms with van der Waals surface area (Å²) in [7, 11) is 0. The summed E-state index contributed by atoms with van der Waals surface area (Å²) in [4.78, 5) is 38.2. The van der Waals surface area contributed by atoms with Gasteiger partial charge in [-0.25, -0.2) is 4.79 Å². The average molecular weight is 1780 g/mol. The summed E-state index contributed by atoms with van der Waals surface area (Å²) in [6.45, 7) is 45.4. The van der Waals surface area contributed by atoms with Crippen LogP contribution in [0.3, 0.4) is 0 Å². The van der Waals surface area contributed by atoms with Gasteiger partial charge >= 0.3 is 5.69 Å². The van der Waals surface area contributed by atoms with E-state index in [1.54, 1.807) is 13.8 Å². The Bertz CT molecular complexity index is 3880. The molecule has 19 rings (SSSR count). The number of hydrogen-bond donors (Lipinski definition) is 10. The van der Waals surface area contributed by atoms with Crippen molar-refractivity contribution in [1.29, 1.82) is 0 Å². The summed E-state index contributed by atoms with van der Waals surface area (Å²) in [6, 6.07) is 1.21. The summed E-state index contributed by atoms with van der Waals surface area (Å²) in [5, 5.41) is 86.2. The number of Topliss-reactive ketones (excluding diaryl/α,β-unsaturated/α-hetero) is 1. The summed E-state index contributed by atoms with van der Waals surface area (Å²) in [6.07, 6.45) is -1.97. The van der Waals surface area contributed by atoms with E-state index in [2.05, 4.69) is 11.9 Å². The maximum absolute atomic E-state index is 12.6. The maximum Gasteiger partial charge on any atom is 0.330 e. The number of ketones is 1. The first kappa shape index (κ1) is 98.5. The highest BCUT2D eigenvalue weighted by atomic mass is 16.9. The van der Waals surface area contributed by atoms with Crippen LogP contribution in [0.4, 0.5) is 0 Å². The first-order chi connectivity index (χ1) is 57.1. The third-order valence-electron chi connectivity index (χ3n) is 25.7. The first-order valence-electron chi connectivity index (χ1n) is 43.8. The lowest BCUT2D eigenvalue weighted by molar-refractivity contribution is -0.298. The van der Waals surface area contributed by atoms with E-state index in [-0.39, 0.29) is 99.0 Å². The van der Waals surface area contributed by atoms with Crippen LogP contribution in [-0.4, -0.2) is 334 Å². The number of rotatable bonds is 6. The van der Waals surface area contributed by atoms with Gasteiger partial charge in [-0.15, -0.1) is 0 Å². The van der Waals surface area contributed by atoms with Crippen molar-refractivity contribution in [3.63, 3.8) is 0 Å². The van der Waals surface area contributed by atoms with Crippen LogP contribution >= 0.6 is 0 Å². The fourth-order valence-corrected chi connectivity index (χ4v) is 20.3. The molecule has 0 aromatic carbocycles. The van der Waals surface area contributed by atoms with E-state index in [4.69, 9.17) is 134 Å². The molecule has 0 radical (unpaired) electrons. The number of H-pyrrole nitrogens is 1. The minimum absolute atomic E-state index is 0.00530. The van der Waals surface area contributed by atoms with E-state index in [9.17, 15) is 45.0 Å². The molecule has 5 spiro atoms. The Morgan fingerprint density at radius 2 is 0.782 bits per heavy atom. The van der Waals surface area contributed by atoms with Gasteiger partial charge in [0.25, 0.3) is 5.56 Å². The maximum atomic E-state index is 12.6. The number of aromatic amines is 1. The molecular formula is C85H140N2O37. The molecule has 18 aliphatic rings. The molecule has 0 bridgehead atoms. The van der Waals surface area contributed by atoms with Crippen molar-refractivity contribution in [3.05, 3.63) is 33.1 Å². The van der Waals surface area contributed by atoms with Gasteiger partial charge in [0.2, 0.25) is 17.3 Å². The number of nitrogens with one attached hydrogen (secondary N) is 1. The molecule has 4 saturated carbocycles. The quantitative estimate of drug-likeness (QED) is 0.196. The smallest absolute Gasteiger partial charge is 0.330 e. The second-order valence-electron chi connectivity index (χ2n) is 40.8. The van der Waals surface area contributed by atoms with Crippen LogP contribution in [0.5, 0.6) is 0 Å². The standard InChI is InChI=1S/C14H20N2O6.2C13H22O5.C13H20O5.C13H22O5.C12H20O6.C7H14O5/c1-4-8-10-11(22-13(2,3)21-10)14(7-17,20-8)16-6-5-9(18)15-12(16)19;3*1-11(2)15-7-13(18-11)6-5-8-9(10(13)14)17-12(3,4)16-8;1-6-8-9-10(17-12(4,5)16-9)13(15-8)7-14-11(2,3)18-13;1-10(2)14-6-12(18-10)9-8(7(5-13)15-12)16-11(3,4)17-9;8-3-7(12)2-1-4(9)5(10)6(7)11/h5-6,8,10-11,17H,4,7H2,1-3H3,(H,15,18,19);2*8-10,14H,5-7H2,1-4H3;8-9H,5-7H2,1-4H3;8-10H,6-7H2,1-5H3;7-9,13H,5-6H2,1-4H3;4-6,8-12H,1-3H2/t8-,10+,11?,14-;;;;;;/m1....../s1. The van der Waals surface area contributed by atoms with Crippen molar-refractivity contribution in [2.24, 2.45) is 0 Å². The van der Waals surface area contributed by atoms with Crippen LogP contribution in [0, 0.1) is 0 Å². The van der Waals surface area contributed by atoms with Crippen molar-refractivity contribution in [2.45, 2.75) is 456 Å². The number of nitrogens with zero attached hydrogens (tertiary/aromatic N) is 1. The molecule has 10 N–H and O–H groups in total. The van der Waals surface area contributed by atoms with Gasteiger partial charge in [-0.05, 0) is 217 Å². The normalized spacial score (nSPS) is 46.4. The topological polar surface area (TPSA) is 485 Å². The highest BCUT2D eigenvalue weighted by Gasteiger charge is 2.72. The van der Waals surface area contributed by atoms with Crippen molar-refractivity contribution >= 4 is 5.78 Å². The number of carbonyl (C=O) groups excluding carboxylic acids is 1. The minimum Gasteiger partial charge on any atom is -0.394 e. The van der Waals surface area contributed by atoms with E-state index >= 15 is 0 Å².